The summed E-state index contributed by atoms with van der Waals surface area (Å²) in [7, 11) is 0. The molecule has 0 radical (unpaired) electrons. The van der Waals surface area contributed by atoms with E-state index in [1.807, 2.05) is 67.7 Å². The molecule has 1 atom stereocenters. The molecule has 0 aliphatic carbocycles. The minimum Gasteiger partial charge on any atom is -0.449 e. The highest BCUT2D eigenvalue weighted by Crippen LogP contribution is 2.28. The third-order valence-corrected chi connectivity index (χ3v) is 4.49. The Balaban J connectivity index is 2.01. The number of aryl methyl sites for hydroxylation is 2. The molecule has 0 bridgehead atoms. The molecule has 0 aliphatic heterocycles. The van der Waals surface area contributed by atoms with Crippen molar-refractivity contribution in [2.24, 2.45) is 5.73 Å². The quantitative estimate of drug-likeness (QED) is 0.632. The predicted octanol–water partition coefficient (Wildman–Crippen LogP) is 2.90. The largest absolute Gasteiger partial charge is 0.449 e. The second-order valence-electron chi connectivity index (χ2n) is 6.89. The van der Waals surface area contributed by atoms with Crippen LogP contribution in [0.5, 0.6) is 0 Å². The van der Waals surface area contributed by atoms with Gasteiger partial charge in [0.15, 0.2) is 6.10 Å². The lowest BCUT2D eigenvalue weighted by Crippen LogP contribution is -2.42. The Morgan fingerprint density at radius 2 is 1.80 bits per heavy atom. The van der Waals surface area contributed by atoms with Crippen molar-refractivity contribution in [3.05, 3.63) is 71.4 Å². The van der Waals surface area contributed by atoms with Crippen LogP contribution in [0.3, 0.4) is 0 Å². The first-order valence-electron chi connectivity index (χ1n) is 9.30. The zero-order valence-corrected chi connectivity index (χ0v) is 16.9. The van der Waals surface area contributed by atoms with Crippen molar-refractivity contribution in [1.29, 1.82) is 0 Å². The summed E-state index contributed by atoms with van der Waals surface area (Å²) in [6.45, 7) is 5.27. The summed E-state index contributed by atoms with van der Waals surface area (Å²) >= 11 is 0. The molecule has 1 aromatic heterocycles. The van der Waals surface area contributed by atoms with Crippen LogP contribution in [0.1, 0.15) is 28.4 Å². The fourth-order valence-electron chi connectivity index (χ4n) is 3.02. The molecule has 30 heavy (non-hydrogen) atoms. The number of aromatic nitrogens is 2. The fraction of sp³-hybridized carbons (Fsp3) is 0.182. The number of nitrogens with one attached hydrogen (secondary N) is 1. The summed E-state index contributed by atoms with van der Waals surface area (Å²) in [6.07, 6.45) is 0.349. The van der Waals surface area contributed by atoms with Gasteiger partial charge in [0.1, 0.15) is 11.3 Å². The zero-order chi connectivity index (χ0) is 21.8. The Kier molecular flexibility index (Phi) is 5.96. The number of hydrogen-bond donors (Lipinski definition) is 2. The normalized spacial score (nSPS) is 11.6. The van der Waals surface area contributed by atoms with Crippen LogP contribution in [0.2, 0.25) is 0 Å². The molecule has 8 nitrogen and oxygen atoms in total. The van der Waals surface area contributed by atoms with Gasteiger partial charge in [0.05, 0.1) is 5.69 Å². The fourth-order valence-corrected chi connectivity index (χ4v) is 3.02. The highest BCUT2D eigenvalue weighted by atomic mass is 16.5. The maximum atomic E-state index is 12.9. The number of imide groups is 1. The Labute approximate surface area is 173 Å². The van der Waals surface area contributed by atoms with Crippen molar-refractivity contribution in [2.45, 2.75) is 26.9 Å². The average molecular weight is 406 g/mol. The number of primary amides is 1. The van der Waals surface area contributed by atoms with Gasteiger partial charge in [-0.05, 0) is 38.5 Å². The highest BCUT2D eigenvalue weighted by Gasteiger charge is 2.25. The summed E-state index contributed by atoms with van der Waals surface area (Å²) in [6, 6.07) is 14.1. The Bertz CT molecular complexity index is 1110. The molecule has 0 spiro atoms. The molecule has 2 aromatic carbocycles. The van der Waals surface area contributed by atoms with Gasteiger partial charge in [-0.1, -0.05) is 42.0 Å². The van der Waals surface area contributed by atoms with E-state index in [1.54, 1.807) is 10.9 Å². The molecule has 0 saturated heterocycles. The summed E-state index contributed by atoms with van der Waals surface area (Å²) in [5.41, 5.74) is 9.15. The second kappa shape index (κ2) is 8.60. The number of nitrogens with two attached hydrogens (primary N) is 1. The number of nitrogens with zero attached hydrogens (tertiary/aromatic N) is 2. The highest BCUT2D eigenvalue weighted by molar-refractivity contribution is 6.00. The van der Waals surface area contributed by atoms with Crippen LogP contribution < -0.4 is 11.1 Å². The van der Waals surface area contributed by atoms with E-state index in [2.05, 4.69) is 5.10 Å². The lowest BCUT2D eigenvalue weighted by atomic mass is 10.0. The number of carbonyl (C=O) groups is 3. The van der Waals surface area contributed by atoms with E-state index < -0.39 is 24.0 Å². The van der Waals surface area contributed by atoms with Crippen molar-refractivity contribution in [2.75, 3.05) is 0 Å². The lowest BCUT2D eigenvalue weighted by molar-refractivity contribution is -0.127. The van der Waals surface area contributed by atoms with Gasteiger partial charge in [-0.15, -0.1) is 0 Å². The standard InChI is InChI=1S/C22H22N4O4/c1-13-9-10-17(14(2)11-13)19-18(12-26(25-19)16-7-5-4-6-8-16)21(28)30-15(3)20(27)24-22(23)29/h4-12,15H,1-3H3,(H3,23,24,27,29)/t15-/m0/s1. The van der Waals surface area contributed by atoms with Gasteiger partial charge in [-0.3, -0.25) is 10.1 Å². The summed E-state index contributed by atoms with van der Waals surface area (Å²) in [5, 5.41) is 6.50. The minimum absolute atomic E-state index is 0.199. The Hall–Kier alpha value is -3.94. The molecule has 3 N–H and O–H groups in total. The molecular formula is C22H22N4O4. The van der Waals surface area contributed by atoms with Crippen LogP contribution in [0.15, 0.2) is 54.7 Å². The van der Waals surface area contributed by atoms with Crippen LogP contribution >= 0.6 is 0 Å². The topological polar surface area (TPSA) is 116 Å². The molecule has 0 aliphatic rings. The Morgan fingerprint density at radius 1 is 1.10 bits per heavy atom. The van der Waals surface area contributed by atoms with Crippen LogP contribution in [0.25, 0.3) is 16.9 Å². The third-order valence-electron chi connectivity index (χ3n) is 4.49. The maximum Gasteiger partial charge on any atom is 0.342 e. The zero-order valence-electron chi connectivity index (χ0n) is 16.9. The number of esters is 1. The van der Waals surface area contributed by atoms with Gasteiger partial charge >= 0.3 is 12.0 Å². The summed E-state index contributed by atoms with van der Waals surface area (Å²) in [4.78, 5) is 35.6. The molecule has 3 aromatic rings. The summed E-state index contributed by atoms with van der Waals surface area (Å²) in [5.74, 6) is -1.54. The average Bonchev–Trinajstić information content (AvgIpc) is 3.13. The number of benzene rings is 2. The van der Waals surface area contributed by atoms with Crippen LogP contribution in [0.4, 0.5) is 4.79 Å². The van der Waals surface area contributed by atoms with Crippen molar-refractivity contribution < 1.29 is 19.1 Å². The van der Waals surface area contributed by atoms with E-state index in [4.69, 9.17) is 10.5 Å². The molecule has 154 valence electrons. The number of para-hydroxylation sites is 1. The number of ether oxygens (including phenoxy) is 1. The van der Waals surface area contributed by atoms with E-state index in [1.165, 1.54) is 6.92 Å². The number of rotatable bonds is 5. The number of urea groups is 1. The molecule has 0 saturated carbocycles. The minimum atomic E-state index is -1.21. The van der Waals surface area contributed by atoms with E-state index in [0.717, 1.165) is 22.4 Å². The van der Waals surface area contributed by atoms with Gasteiger partial charge in [-0.2, -0.15) is 5.10 Å². The Morgan fingerprint density at radius 3 is 2.43 bits per heavy atom. The van der Waals surface area contributed by atoms with Gasteiger partial charge in [0.25, 0.3) is 5.91 Å². The molecule has 8 heteroatoms. The van der Waals surface area contributed by atoms with Gasteiger partial charge in [0, 0.05) is 11.8 Å². The number of carbonyl (C=O) groups excluding carboxylic acids is 3. The van der Waals surface area contributed by atoms with E-state index in [-0.39, 0.29) is 5.56 Å². The van der Waals surface area contributed by atoms with E-state index in [9.17, 15) is 14.4 Å². The first kappa shape index (κ1) is 20.8. The van der Waals surface area contributed by atoms with Crippen LogP contribution in [-0.4, -0.2) is 33.8 Å². The number of hydrogen-bond acceptors (Lipinski definition) is 5. The van der Waals surface area contributed by atoms with Gasteiger partial charge < -0.3 is 10.5 Å². The third kappa shape index (κ3) is 4.54. The second-order valence-corrected chi connectivity index (χ2v) is 6.89. The lowest BCUT2D eigenvalue weighted by Gasteiger charge is -2.12. The molecule has 3 rings (SSSR count). The van der Waals surface area contributed by atoms with Crippen molar-refractivity contribution >= 4 is 17.9 Å². The van der Waals surface area contributed by atoms with Gasteiger partial charge in [-0.25, -0.2) is 14.3 Å². The van der Waals surface area contributed by atoms with Gasteiger partial charge in [0.2, 0.25) is 0 Å². The van der Waals surface area contributed by atoms with Crippen molar-refractivity contribution in [3.63, 3.8) is 0 Å². The van der Waals surface area contributed by atoms with Crippen LogP contribution in [0, 0.1) is 13.8 Å². The smallest absolute Gasteiger partial charge is 0.342 e. The van der Waals surface area contributed by atoms with Crippen molar-refractivity contribution in [1.82, 2.24) is 15.1 Å². The number of amides is 3. The van der Waals surface area contributed by atoms with Crippen LogP contribution in [-0.2, 0) is 9.53 Å². The SMILES string of the molecule is Cc1ccc(-c2nn(-c3ccccc3)cc2C(=O)O[C@@H](C)C(=O)NC(N)=O)c(C)c1. The van der Waals surface area contributed by atoms with E-state index >= 15 is 0 Å². The first-order valence-corrected chi connectivity index (χ1v) is 9.30. The van der Waals surface area contributed by atoms with E-state index in [0.29, 0.717) is 5.69 Å². The predicted molar refractivity (Wildman–Crippen MR) is 111 cm³/mol. The maximum absolute atomic E-state index is 12.9. The van der Waals surface area contributed by atoms with Crippen molar-refractivity contribution in [3.8, 4) is 16.9 Å². The summed E-state index contributed by atoms with van der Waals surface area (Å²) < 4.78 is 6.84. The molecule has 3 amide bonds. The molecule has 0 unspecified atom stereocenters. The molecular weight excluding hydrogens is 384 g/mol. The molecule has 1 heterocycles. The first-order chi connectivity index (χ1) is 14.3. The monoisotopic (exact) mass is 406 g/mol. The molecule has 0 fully saturated rings.